The van der Waals surface area contributed by atoms with Crippen LogP contribution in [0.2, 0.25) is 0 Å². The number of rotatable bonds is 10. The van der Waals surface area contributed by atoms with Crippen molar-refractivity contribution in [3.8, 4) is 0 Å². The molecule has 7 heteroatoms. The van der Waals surface area contributed by atoms with E-state index in [1.165, 1.54) is 37.7 Å². The van der Waals surface area contributed by atoms with Crippen molar-refractivity contribution >= 4 is 0 Å². The Kier molecular flexibility index (Phi) is 9.34. The fraction of sp³-hybridized carbons (Fsp3) is 0.892. The van der Waals surface area contributed by atoms with E-state index in [2.05, 4.69) is 53.3 Å². The Hall–Kier alpha value is -1.28. The number of aliphatic hydroxyl groups excluding tert-OH is 1. The maximum absolute atomic E-state index is 11.1. The minimum atomic E-state index is -0.641. The van der Waals surface area contributed by atoms with Gasteiger partial charge in [0.2, 0.25) is 6.54 Å². The molecule has 1 heterocycles. The summed E-state index contributed by atoms with van der Waals surface area (Å²) in [5.41, 5.74) is 1.32. The molecule has 0 aromatic heterocycles. The molecular formula is C37H61NO6. The average molecular weight is 616 g/mol. The number of hydrogen-bond donors (Lipinski definition) is 2. The third kappa shape index (κ3) is 5.86. The van der Waals surface area contributed by atoms with Crippen LogP contribution in [0, 0.1) is 55.4 Å². The summed E-state index contributed by atoms with van der Waals surface area (Å²) in [6, 6.07) is 0. The fourth-order valence-corrected chi connectivity index (χ4v) is 11.5. The maximum Gasteiger partial charge on any atom is 0.229 e. The van der Waals surface area contributed by atoms with Crippen LogP contribution < -0.4 is 0 Å². The summed E-state index contributed by atoms with van der Waals surface area (Å²) in [4.78, 5) is 10.8. The van der Waals surface area contributed by atoms with Crippen LogP contribution in [0.1, 0.15) is 126 Å². The van der Waals surface area contributed by atoms with Gasteiger partial charge in [-0.15, -0.1) is 6.58 Å². The minimum Gasteiger partial charge on any atom is -0.393 e. The first kappa shape index (κ1) is 34.1. The lowest BCUT2D eigenvalue weighted by molar-refractivity contribution is -0.497. The van der Waals surface area contributed by atoms with E-state index in [0.29, 0.717) is 30.1 Å². The van der Waals surface area contributed by atoms with Crippen molar-refractivity contribution in [2.75, 3.05) is 6.54 Å². The van der Waals surface area contributed by atoms with E-state index in [9.17, 15) is 20.3 Å². The lowest BCUT2D eigenvalue weighted by Crippen LogP contribution is -2.59. The van der Waals surface area contributed by atoms with Gasteiger partial charge in [-0.05, 0) is 105 Å². The first-order valence-electron chi connectivity index (χ1n) is 17.6. The number of fused-ring (bicyclic) bond motifs is 5. The second-order valence-corrected chi connectivity index (χ2v) is 17.2. The van der Waals surface area contributed by atoms with Crippen molar-refractivity contribution in [2.24, 2.45) is 45.3 Å². The number of ether oxygens (including phenoxy) is 2. The van der Waals surface area contributed by atoms with Crippen LogP contribution in [-0.4, -0.2) is 51.9 Å². The van der Waals surface area contributed by atoms with Gasteiger partial charge in [0.1, 0.15) is 6.10 Å². The topological polar surface area (TPSA) is 102 Å². The van der Waals surface area contributed by atoms with Crippen molar-refractivity contribution in [1.82, 2.24) is 0 Å². The summed E-state index contributed by atoms with van der Waals surface area (Å²) in [6.07, 6.45) is 14.8. The van der Waals surface area contributed by atoms with E-state index in [1.54, 1.807) is 0 Å². The number of allylic oxidation sites excluding steroid dienone is 2. The summed E-state index contributed by atoms with van der Waals surface area (Å²) in [5, 5.41) is 31.8. The molecule has 4 aliphatic carbocycles. The standard InChI is InChI=1S/C37H61NO6/c1-9-37-18-16-27(24(2)11-10-17-33(3,4)40)36(37,8)20-19-35(7)29-13-15-31(34(5,6)28(29)12-14-30(35)37)44-32-22-25(39)21-26(43-32)23-38(41)42/h9,12,24-27,29-32,39-40H,1,10-11,13-23H2,2-8H3/t24-,25+,26?,27?,29?,30?,31+,32+,35+,36-,37?/m1/s1. The molecule has 1 saturated heterocycles. The van der Waals surface area contributed by atoms with E-state index in [-0.39, 0.29) is 45.7 Å². The first-order valence-corrected chi connectivity index (χ1v) is 17.6. The molecule has 7 nitrogen and oxygen atoms in total. The highest BCUT2D eigenvalue weighted by Crippen LogP contribution is 2.75. The molecule has 5 rings (SSSR count). The number of nitro groups is 1. The molecule has 0 radical (unpaired) electrons. The van der Waals surface area contributed by atoms with Crippen molar-refractivity contribution in [3.63, 3.8) is 0 Å². The van der Waals surface area contributed by atoms with E-state index < -0.39 is 24.1 Å². The summed E-state index contributed by atoms with van der Waals surface area (Å²) < 4.78 is 12.6. The van der Waals surface area contributed by atoms with Crippen molar-refractivity contribution < 1.29 is 24.6 Å². The molecule has 11 atom stereocenters. The normalized spacial score (nSPS) is 44.1. The molecule has 3 saturated carbocycles. The van der Waals surface area contributed by atoms with Crippen LogP contribution in [0.4, 0.5) is 0 Å². The molecule has 250 valence electrons. The summed E-state index contributed by atoms with van der Waals surface area (Å²) >= 11 is 0. The van der Waals surface area contributed by atoms with Crippen LogP contribution in [-0.2, 0) is 9.47 Å². The van der Waals surface area contributed by atoms with Crippen molar-refractivity contribution in [2.45, 2.75) is 156 Å². The Morgan fingerprint density at radius 3 is 2.57 bits per heavy atom. The molecule has 0 aromatic carbocycles. The monoisotopic (exact) mass is 615 g/mol. The first-order chi connectivity index (χ1) is 20.5. The quantitative estimate of drug-likeness (QED) is 0.147. The smallest absolute Gasteiger partial charge is 0.229 e. The van der Waals surface area contributed by atoms with Crippen LogP contribution in [0.15, 0.2) is 24.3 Å². The zero-order valence-corrected chi connectivity index (χ0v) is 28.6. The van der Waals surface area contributed by atoms with Crippen LogP contribution >= 0.6 is 0 Å². The zero-order valence-electron chi connectivity index (χ0n) is 28.6. The highest BCUT2D eigenvalue weighted by atomic mass is 16.7. The highest BCUT2D eigenvalue weighted by Gasteiger charge is 2.68. The molecule has 4 fully saturated rings. The Morgan fingerprint density at radius 2 is 1.91 bits per heavy atom. The molecule has 0 aromatic rings. The van der Waals surface area contributed by atoms with Gasteiger partial charge < -0.3 is 19.7 Å². The van der Waals surface area contributed by atoms with Crippen molar-refractivity contribution in [3.05, 3.63) is 34.4 Å². The Bertz CT molecular complexity index is 1110. The second kappa shape index (κ2) is 12.1. The van der Waals surface area contributed by atoms with Gasteiger partial charge in [-0.25, -0.2) is 0 Å². The molecule has 0 amide bonds. The van der Waals surface area contributed by atoms with Crippen LogP contribution in [0.5, 0.6) is 0 Å². The number of nitrogens with zero attached hydrogens (tertiary/aromatic N) is 1. The van der Waals surface area contributed by atoms with Gasteiger partial charge in [0.05, 0.1) is 17.8 Å². The summed E-state index contributed by atoms with van der Waals surface area (Å²) in [6.45, 7) is 20.4. The Morgan fingerprint density at radius 1 is 1.18 bits per heavy atom. The molecule has 0 spiro atoms. The van der Waals surface area contributed by atoms with Gasteiger partial charge in [-0.1, -0.05) is 65.2 Å². The van der Waals surface area contributed by atoms with Gasteiger partial charge >= 0.3 is 0 Å². The van der Waals surface area contributed by atoms with Crippen LogP contribution in [0.3, 0.4) is 0 Å². The molecule has 0 bridgehead atoms. The lowest BCUT2D eigenvalue weighted by atomic mass is 9.38. The molecule has 5 aliphatic rings. The van der Waals surface area contributed by atoms with Gasteiger partial charge in [-0.3, -0.25) is 10.1 Å². The highest BCUT2D eigenvalue weighted by molar-refractivity contribution is 5.32. The largest absolute Gasteiger partial charge is 0.393 e. The predicted octanol–water partition coefficient (Wildman–Crippen LogP) is 7.86. The SMILES string of the molecule is C=CC12CCC([C@H](C)CCCC(C)(C)O)[C@@]1(C)CC[C@@]1(C)C3CC[C@H](O[C@H]4C[C@@H](O)CC(C[N+](=O)[O-])O4)C(C)(C)C3=CCC21. The third-order valence-corrected chi connectivity index (χ3v) is 13.9. The number of aliphatic hydroxyl groups is 2. The zero-order chi connectivity index (χ0) is 32.3. The molecule has 44 heavy (non-hydrogen) atoms. The van der Waals surface area contributed by atoms with E-state index >= 15 is 0 Å². The van der Waals surface area contributed by atoms with E-state index in [4.69, 9.17) is 9.47 Å². The number of hydrogen-bond acceptors (Lipinski definition) is 6. The average Bonchev–Trinajstić information content (AvgIpc) is 3.22. The molecule has 1 aliphatic heterocycles. The van der Waals surface area contributed by atoms with Gasteiger partial charge in [-0.2, -0.15) is 0 Å². The second-order valence-electron chi connectivity index (χ2n) is 17.2. The summed E-state index contributed by atoms with van der Waals surface area (Å²) in [7, 11) is 0. The molecule has 2 N–H and O–H groups in total. The van der Waals surface area contributed by atoms with E-state index in [1.807, 2.05) is 13.8 Å². The Labute approximate surface area is 266 Å². The third-order valence-electron chi connectivity index (χ3n) is 13.9. The van der Waals surface area contributed by atoms with Crippen molar-refractivity contribution in [1.29, 1.82) is 0 Å². The Balaban J connectivity index is 1.34. The summed E-state index contributed by atoms with van der Waals surface area (Å²) in [5.74, 6) is 2.39. The molecular weight excluding hydrogens is 554 g/mol. The van der Waals surface area contributed by atoms with E-state index in [0.717, 1.165) is 32.1 Å². The predicted molar refractivity (Wildman–Crippen MR) is 173 cm³/mol. The van der Waals surface area contributed by atoms with Crippen LogP contribution in [0.25, 0.3) is 0 Å². The van der Waals surface area contributed by atoms with Gasteiger partial charge in [0.25, 0.3) is 0 Å². The lowest BCUT2D eigenvalue weighted by Gasteiger charge is -2.66. The van der Waals surface area contributed by atoms with Gasteiger partial charge in [0.15, 0.2) is 6.29 Å². The van der Waals surface area contributed by atoms with Gasteiger partial charge in [0, 0.05) is 23.2 Å². The maximum atomic E-state index is 11.1. The minimum absolute atomic E-state index is 0.0560. The fourth-order valence-electron chi connectivity index (χ4n) is 11.5. The molecule has 5 unspecified atom stereocenters.